The number of halogens is 2. The molecule has 7 nitrogen and oxygen atoms in total. The molecule has 0 unspecified atom stereocenters. The lowest BCUT2D eigenvalue weighted by atomic mass is 9.98. The number of carbonyl (C=O) groups is 1. The third-order valence-electron chi connectivity index (χ3n) is 9.06. The minimum absolute atomic E-state index is 0.267. The lowest BCUT2D eigenvalue weighted by Gasteiger charge is -2.32. The van der Waals surface area contributed by atoms with E-state index in [2.05, 4.69) is 39.5 Å². The number of carbonyl (C=O) groups excluding carboxylic acids is 1. The average molecular weight is 616 g/mol. The number of aryl methyl sites for hydroxylation is 3. The van der Waals surface area contributed by atoms with E-state index in [0.717, 1.165) is 94.5 Å². The summed E-state index contributed by atoms with van der Waals surface area (Å²) in [5.41, 5.74) is 6.57. The zero-order chi connectivity index (χ0) is 31.0. The number of fused-ring (bicyclic) bond motifs is 2. The summed E-state index contributed by atoms with van der Waals surface area (Å²) in [6.45, 7) is 10.1. The highest BCUT2D eigenvalue weighted by atomic mass is 35.5. The van der Waals surface area contributed by atoms with Crippen molar-refractivity contribution in [2.24, 2.45) is 7.05 Å². The monoisotopic (exact) mass is 615 g/mol. The van der Waals surface area contributed by atoms with Gasteiger partial charge in [0.1, 0.15) is 11.6 Å². The fourth-order valence-electron chi connectivity index (χ4n) is 6.61. The summed E-state index contributed by atoms with van der Waals surface area (Å²) >= 11 is 6.99. The zero-order valence-corrected chi connectivity index (χ0v) is 26.6. The molecule has 0 radical (unpaired) electrons. The molecule has 230 valence electrons. The Labute approximate surface area is 262 Å². The van der Waals surface area contributed by atoms with Crippen molar-refractivity contribution in [3.05, 3.63) is 82.0 Å². The number of hydrogen-bond acceptors (Lipinski definition) is 5. The van der Waals surface area contributed by atoms with Crippen LogP contribution in [0.15, 0.2) is 48.5 Å². The van der Waals surface area contributed by atoms with Crippen LogP contribution in [0.3, 0.4) is 0 Å². The zero-order valence-electron chi connectivity index (χ0n) is 25.9. The summed E-state index contributed by atoms with van der Waals surface area (Å²) in [6, 6.07) is 14.4. The van der Waals surface area contributed by atoms with Crippen molar-refractivity contribution < 1.29 is 13.9 Å². The maximum atomic E-state index is 13.8. The molecule has 0 bridgehead atoms. The third kappa shape index (κ3) is 5.74. The Morgan fingerprint density at radius 2 is 1.75 bits per heavy atom. The Bertz CT molecular complexity index is 1840. The summed E-state index contributed by atoms with van der Waals surface area (Å²) in [7, 11) is 4.10. The molecule has 9 heteroatoms. The first kappa shape index (κ1) is 30.3. The largest absolute Gasteiger partial charge is 0.493 e. The van der Waals surface area contributed by atoms with E-state index in [0.29, 0.717) is 36.7 Å². The van der Waals surface area contributed by atoms with Gasteiger partial charge in [0.25, 0.3) is 0 Å². The number of nitrogens with zero attached hydrogens (tertiary/aromatic N) is 5. The van der Waals surface area contributed by atoms with Crippen LogP contribution in [-0.4, -0.2) is 76.8 Å². The smallest absolute Gasteiger partial charge is 0.166 e. The summed E-state index contributed by atoms with van der Waals surface area (Å²) < 4.78 is 24.0. The number of piperazine rings is 1. The fourth-order valence-corrected chi connectivity index (χ4v) is 6.86. The van der Waals surface area contributed by atoms with Gasteiger partial charge in [-0.25, -0.2) is 4.39 Å². The molecule has 0 aliphatic carbocycles. The van der Waals surface area contributed by atoms with Gasteiger partial charge < -0.3 is 14.2 Å². The van der Waals surface area contributed by atoms with E-state index in [1.807, 2.05) is 42.9 Å². The van der Waals surface area contributed by atoms with E-state index in [1.165, 1.54) is 12.1 Å². The standard InChI is InChI=1S/C35H39ClFN5O2/c1-23-33(24(2)40(4)38-23)34-30(36)13-12-29-28(8-6-20-44-32-9-5-7-25-21-26(37)10-11-27(25)32)31(22-43)42(35(29)34)19-18-41-16-14-39(3)15-17-41/h5,7,9-13,21-22H,6,8,14-20H2,1-4H3. The van der Waals surface area contributed by atoms with E-state index in [4.69, 9.17) is 16.3 Å². The number of ether oxygens (including phenoxy) is 1. The van der Waals surface area contributed by atoms with Gasteiger partial charge in [-0.2, -0.15) is 5.10 Å². The molecule has 0 atom stereocenters. The first-order valence-electron chi connectivity index (χ1n) is 15.3. The molecular formula is C35H39ClFN5O2. The van der Waals surface area contributed by atoms with Gasteiger partial charge >= 0.3 is 0 Å². The van der Waals surface area contributed by atoms with Crippen molar-refractivity contribution in [3.63, 3.8) is 0 Å². The molecule has 1 fully saturated rings. The van der Waals surface area contributed by atoms with Gasteiger partial charge in [-0.05, 0) is 75.0 Å². The molecule has 0 spiro atoms. The van der Waals surface area contributed by atoms with Crippen LogP contribution in [0, 0.1) is 19.7 Å². The normalized spacial score (nSPS) is 14.6. The van der Waals surface area contributed by atoms with Crippen LogP contribution in [0.4, 0.5) is 4.39 Å². The van der Waals surface area contributed by atoms with Crippen molar-refractivity contribution in [3.8, 4) is 16.9 Å². The van der Waals surface area contributed by atoms with Crippen molar-refractivity contribution in [2.75, 3.05) is 46.4 Å². The second-order valence-electron chi connectivity index (χ2n) is 11.8. The van der Waals surface area contributed by atoms with E-state index >= 15 is 0 Å². The molecule has 44 heavy (non-hydrogen) atoms. The lowest BCUT2D eigenvalue weighted by molar-refractivity contribution is 0.111. The van der Waals surface area contributed by atoms with Crippen LogP contribution in [0.25, 0.3) is 32.8 Å². The topological polar surface area (TPSA) is 55.5 Å². The highest BCUT2D eigenvalue weighted by Gasteiger charge is 2.25. The molecule has 1 aliphatic rings. The van der Waals surface area contributed by atoms with Crippen LogP contribution in [0.2, 0.25) is 5.02 Å². The SMILES string of the molecule is Cc1nn(C)c(C)c1-c1c(Cl)ccc2c(CCCOc3cccc4cc(F)ccc34)c(C=O)n(CCN3CCN(C)CC3)c12. The highest BCUT2D eigenvalue weighted by Crippen LogP contribution is 2.41. The van der Waals surface area contributed by atoms with E-state index in [-0.39, 0.29) is 5.82 Å². The Morgan fingerprint density at radius 3 is 2.48 bits per heavy atom. The molecule has 1 saturated heterocycles. The quantitative estimate of drug-likeness (QED) is 0.130. The molecule has 1 aliphatic heterocycles. The van der Waals surface area contributed by atoms with Crippen LogP contribution in [0.1, 0.15) is 33.9 Å². The number of aldehydes is 1. The highest BCUT2D eigenvalue weighted by molar-refractivity contribution is 6.35. The summed E-state index contributed by atoms with van der Waals surface area (Å²) in [4.78, 5) is 17.7. The molecule has 0 N–H and O–H groups in total. The number of rotatable bonds is 10. The third-order valence-corrected chi connectivity index (χ3v) is 9.37. The second-order valence-corrected chi connectivity index (χ2v) is 12.2. The molecule has 2 aromatic heterocycles. The predicted octanol–water partition coefficient (Wildman–Crippen LogP) is 6.68. The Balaban J connectivity index is 1.35. The Hall–Kier alpha value is -3.72. The van der Waals surface area contributed by atoms with Crippen LogP contribution in [-0.2, 0) is 20.0 Å². The molecule has 0 saturated carbocycles. The van der Waals surface area contributed by atoms with Crippen LogP contribution in [0.5, 0.6) is 5.75 Å². The van der Waals surface area contributed by atoms with Gasteiger partial charge in [-0.3, -0.25) is 14.4 Å². The summed E-state index contributed by atoms with van der Waals surface area (Å²) in [6.07, 6.45) is 2.37. The average Bonchev–Trinajstić information content (AvgIpc) is 3.45. The lowest BCUT2D eigenvalue weighted by Crippen LogP contribution is -2.45. The summed E-state index contributed by atoms with van der Waals surface area (Å²) in [5.74, 6) is 0.459. The number of likely N-dealkylation sites (N-methyl/N-ethyl adjacent to an activating group) is 1. The first-order chi connectivity index (χ1) is 21.3. The van der Waals surface area contributed by atoms with E-state index in [9.17, 15) is 9.18 Å². The number of benzene rings is 3. The molecule has 3 aromatic carbocycles. The second kappa shape index (κ2) is 12.7. The molecule has 0 amide bonds. The van der Waals surface area contributed by atoms with Gasteiger partial charge in [0.2, 0.25) is 0 Å². The first-order valence-corrected chi connectivity index (χ1v) is 15.7. The fraction of sp³-hybridized carbons (Fsp3) is 0.371. The number of aromatic nitrogens is 3. The van der Waals surface area contributed by atoms with E-state index in [1.54, 1.807) is 6.07 Å². The molecular weight excluding hydrogens is 577 g/mol. The minimum Gasteiger partial charge on any atom is -0.493 e. The Morgan fingerprint density at radius 1 is 0.977 bits per heavy atom. The van der Waals surface area contributed by atoms with Crippen molar-refractivity contribution in [2.45, 2.75) is 33.2 Å². The summed E-state index contributed by atoms with van der Waals surface area (Å²) in [5, 5.41) is 8.05. The van der Waals surface area contributed by atoms with Gasteiger partial charge in [0.05, 0.1) is 28.5 Å². The predicted molar refractivity (Wildman–Crippen MR) is 176 cm³/mol. The molecule has 5 aromatic rings. The van der Waals surface area contributed by atoms with Crippen molar-refractivity contribution in [1.29, 1.82) is 0 Å². The molecule has 6 rings (SSSR count). The minimum atomic E-state index is -0.267. The van der Waals surface area contributed by atoms with Crippen molar-refractivity contribution >= 4 is 39.6 Å². The Kier molecular flexibility index (Phi) is 8.76. The van der Waals surface area contributed by atoms with Crippen LogP contribution >= 0.6 is 11.6 Å². The van der Waals surface area contributed by atoms with E-state index < -0.39 is 0 Å². The molecule has 3 heterocycles. The maximum absolute atomic E-state index is 13.8. The van der Waals surface area contributed by atoms with Gasteiger partial charge in [0, 0.05) is 73.9 Å². The van der Waals surface area contributed by atoms with Crippen molar-refractivity contribution in [1.82, 2.24) is 24.1 Å². The maximum Gasteiger partial charge on any atom is 0.166 e. The van der Waals surface area contributed by atoms with Gasteiger partial charge in [-0.15, -0.1) is 0 Å². The number of hydrogen-bond donors (Lipinski definition) is 0. The van der Waals surface area contributed by atoms with Gasteiger partial charge in [-0.1, -0.05) is 29.8 Å². The van der Waals surface area contributed by atoms with Crippen LogP contribution < -0.4 is 4.74 Å². The van der Waals surface area contributed by atoms with Gasteiger partial charge in [0.15, 0.2) is 6.29 Å².